The topological polar surface area (TPSA) is 67.8 Å². The lowest BCUT2D eigenvalue weighted by Crippen LogP contribution is -2.14. The van der Waals surface area contributed by atoms with E-state index in [1.165, 1.54) is 12.1 Å². The summed E-state index contributed by atoms with van der Waals surface area (Å²) in [6.45, 7) is -0.414. The summed E-state index contributed by atoms with van der Waals surface area (Å²) in [4.78, 5) is 0. The number of ether oxygens (including phenoxy) is 1. The Kier molecular flexibility index (Phi) is 4.82. The van der Waals surface area contributed by atoms with E-state index in [0.717, 1.165) is 5.56 Å². The Morgan fingerprint density at radius 3 is 2.39 bits per heavy atom. The van der Waals surface area contributed by atoms with Crippen molar-refractivity contribution in [1.29, 1.82) is 0 Å². The lowest BCUT2D eigenvalue weighted by molar-refractivity contribution is -0.139. The highest BCUT2D eigenvalue weighted by Crippen LogP contribution is 2.20. The quantitative estimate of drug-likeness (QED) is 0.370. The van der Waals surface area contributed by atoms with Crippen molar-refractivity contribution in [1.82, 2.24) is 0 Å². The summed E-state index contributed by atoms with van der Waals surface area (Å²) in [7, 11) is 0. The summed E-state index contributed by atoms with van der Waals surface area (Å²) in [6, 6.07) is 6.36. The summed E-state index contributed by atoms with van der Waals surface area (Å²) < 4.78 is 40.6. The number of hydrogen-bond acceptors (Lipinski definition) is 3. The van der Waals surface area contributed by atoms with Crippen LogP contribution in [0.5, 0.6) is 5.75 Å². The highest BCUT2D eigenvalue weighted by atomic mass is 19.4. The molecular weight excluding hydrogens is 249 g/mol. The maximum Gasteiger partial charge on any atom is 0.392 e. The first-order valence-electron chi connectivity index (χ1n) is 5.15. The molecule has 0 aliphatic heterocycles. The van der Waals surface area contributed by atoms with E-state index in [1.807, 2.05) is 0 Å². The molecule has 7 heteroatoms. The molecule has 1 aromatic carbocycles. The van der Waals surface area contributed by atoms with Crippen LogP contribution >= 0.6 is 0 Å². The Morgan fingerprint density at radius 1 is 1.28 bits per heavy atom. The van der Waals surface area contributed by atoms with Gasteiger partial charge in [-0.1, -0.05) is 17.3 Å². The number of amidine groups is 1. The first-order chi connectivity index (χ1) is 8.40. The van der Waals surface area contributed by atoms with Gasteiger partial charge in [-0.15, -0.1) is 0 Å². The number of halogens is 3. The Bertz CT molecular complexity index is 402. The van der Waals surface area contributed by atoms with E-state index >= 15 is 0 Å². The maximum absolute atomic E-state index is 11.9. The van der Waals surface area contributed by atoms with Crippen LogP contribution in [0.15, 0.2) is 29.4 Å². The minimum atomic E-state index is -4.22. The minimum absolute atomic E-state index is 0.0562. The third-order valence-electron chi connectivity index (χ3n) is 2.09. The smallest absolute Gasteiger partial charge is 0.392 e. The van der Waals surface area contributed by atoms with Gasteiger partial charge in [0.15, 0.2) is 0 Å². The van der Waals surface area contributed by atoms with Crippen LogP contribution in [0.2, 0.25) is 0 Å². The normalized spacial score (nSPS) is 12.5. The third-order valence-corrected chi connectivity index (χ3v) is 2.09. The monoisotopic (exact) mass is 262 g/mol. The fourth-order valence-corrected chi connectivity index (χ4v) is 1.23. The zero-order valence-electron chi connectivity index (χ0n) is 9.44. The van der Waals surface area contributed by atoms with Crippen LogP contribution in [-0.2, 0) is 6.42 Å². The van der Waals surface area contributed by atoms with E-state index in [2.05, 4.69) is 5.16 Å². The molecule has 0 radical (unpaired) electrons. The SMILES string of the molecule is NC(Cc1ccc(OCCC(F)(F)F)cc1)=NO. The van der Waals surface area contributed by atoms with Gasteiger partial charge >= 0.3 is 6.18 Å². The zero-order chi connectivity index (χ0) is 13.6. The van der Waals surface area contributed by atoms with Gasteiger partial charge in [0.1, 0.15) is 11.6 Å². The Balaban J connectivity index is 2.45. The molecule has 0 heterocycles. The molecular formula is C11H13F3N2O2. The average Bonchev–Trinajstić information content (AvgIpc) is 2.29. The molecule has 0 unspecified atom stereocenters. The molecule has 0 saturated carbocycles. The van der Waals surface area contributed by atoms with E-state index in [0.29, 0.717) is 5.75 Å². The summed E-state index contributed by atoms with van der Waals surface area (Å²) in [5.74, 6) is 0.406. The van der Waals surface area contributed by atoms with Crippen molar-refractivity contribution in [2.75, 3.05) is 6.61 Å². The predicted octanol–water partition coefficient (Wildman–Crippen LogP) is 2.31. The first kappa shape index (κ1) is 14.1. The van der Waals surface area contributed by atoms with Gasteiger partial charge in [0.25, 0.3) is 0 Å². The van der Waals surface area contributed by atoms with Gasteiger partial charge in [-0.2, -0.15) is 13.2 Å². The molecule has 0 bridgehead atoms. The molecule has 1 aromatic rings. The average molecular weight is 262 g/mol. The van der Waals surface area contributed by atoms with E-state index in [4.69, 9.17) is 15.7 Å². The van der Waals surface area contributed by atoms with Gasteiger partial charge < -0.3 is 15.7 Å². The number of hydrogen-bond donors (Lipinski definition) is 2. The highest BCUT2D eigenvalue weighted by molar-refractivity contribution is 5.81. The molecule has 0 atom stereocenters. The number of nitrogens with two attached hydrogens (primary N) is 1. The van der Waals surface area contributed by atoms with E-state index < -0.39 is 19.2 Å². The number of benzene rings is 1. The van der Waals surface area contributed by atoms with Gasteiger partial charge in [0, 0.05) is 6.42 Å². The minimum Gasteiger partial charge on any atom is -0.493 e. The molecule has 0 fully saturated rings. The number of rotatable bonds is 5. The molecule has 0 aliphatic carbocycles. The first-order valence-corrected chi connectivity index (χ1v) is 5.15. The molecule has 0 saturated heterocycles. The molecule has 0 aromatic heterocycles. The lowest BCUT2D eigenvalue weighted by atomic mass is 10.1. The van der Waals surface area contributed by atoms with Crippen LogP contribution in [0.4, 0.5) is 13.2 Å². The van der Waals surface area contributed by atoms with Crippen molar-refractivity contribution in [3.63, 3.8) is 0 Å². The van der Waals surface area contributed by atoms with Gasteiger partial charge in [-0.3, -0.25) is 0 Å². The number of oxime groups is 1. The van der Waals surface area contributed by atoms with Gasteiger partial charge in [0.2, 0.25) is 0 Å². The van der Waals surface area contributed by atoms with Crippen LogP contribution in [0, 0.1) is 0 Å². The lowest BCUT2D eigenvalue weighted by Gasteiger charge is -2.09. The molecule has 3 N–H and O–H groups in total. The van der Waals surface area contributed by atoms with Crippen LogP contribution < -0.4 is 10.5 Å². The van der Waals surface area contributed by atoms with Crippen molar-refractivity contribution in [2.45, 2.75) is 19.0 Å². The Labute approximate surface area is 102 Å². The molecule has 4 nitrogen and oxygen atoms in total. The van der Waals surface area contributed by atoms with Crippen LogP contribution in [0.3, 0.4) is 0 Å². The van der Waals surface area contributed by atoms with E-state index in [-0.39, 0.29) is 12.3 Å². The molecule has 0 aliphatic rings. The molecule has 18 heavy (non-hydrogen) atoms. The maximum atomic E-state index is 11.9. The number of alkyl halides is 3. The summed E-state index contributed by atoms with van der Waals surface area (Å²) in [5, 5.41) is 11.2. The second kappa shape index (κ2) is 6.13. The van der Waals surface area contributed by atoms with Crippen molar-refractivity contribution < 1.29 is 23.1 Å². The van der Waals surface area contributed by atoms with E-state index in [9.17, 15) is 13.2 Å². The Morgan fingerprint density at radius 2 is 1.89 bits per heavy atom. The largest absolute Gasteiger partial charge is 0.493 e. The Hall–Kier alpha value is -1.92. The fraction of sp³-hybridized carbons (Fsp3) is 0.364. The third kappa shape index (κ3) is 5.42. The highest BCUT2D eigenvalue weighted by Gasteiger charge is 2.26. The van der Waals surface area contributed by atoms with Crippen LogP contribution in [0.1, 0.15) is 12.0 Å². The van der Waals surface area contributed by atoms with Gasteiger partial charge in [-0.25, -0.2) is 0 Å². The molecule has 100 valence electrons. The summed E-state index contributed by atoms with van der Waals surface area (Å²) >= 11 is 0. The summed E-state index contributed by atoms with van der Waals surface area (Å²) in [5.41, 5.74) is 6.09. The van der Waals surface area contributed by atoms with Crippen molar-refractivity contribution in [2.24, 2.45) is 10.9 Å². The second-order valence-electron chi connectivity index (χ2n) is 3.63. The zero-order valence-corrected chi connectivity index (χ0v) is 9.44. The molecule has 1 rings (SSSR count). The van der Waals surface area contributed by atoms with Crippen molar-refractivity contribution >= 4 is 5.84 Å². The van der Waals surface area contributed by atoms with Crippen molar-refractivity contribution in [3.8, 4) is 5.75 Å². The molecule has 0 spiro atoms. The van der Waals surface area contributed by atoms with Gasteiger partial charge in [0.05, 0.1) is 13.0 Å². The van der Waals surface area contributed by atoms with Crippen LogP contribution in [-0.4, -0.2) is 23.8 Å². The second-order valence-corrected chi connectivity index (χ2v) is 3.63. The van der Waals surface area contributed by atoms with Crippen LogP contribution in [0.25, 0.3) is 0 Å². The van der Waals surface area contributed by atoms with Gasteiger partial charge in [-0.05, 0) is 17.7 Å². The fourth-order valence-electron chi connectivity index (χ4n) is 1.23. The summed E-state index contributed by atoms with van der Waals surface area (Å²) in [6.07, 6.45) is -4.94. The number of nitrogens with zero attached hydrogens (tertiary/aromatic N) is 1. The van der Waals surface area contributed by atoms with Crippen molar-refractivity contribution in [3.05, 3.63) is 29.8 Å². The predicted molar refractivity (Wildman–Crippen MR) is 59.7 cm³/mol. The van der Waals surface area contributed by atoms with E-state index in [1.54, 1.807) is 12.1 Å². The standard InChI is InChI=1S/C11H13F3N2O2/c12-11(13,14)5-6-18-9-3-1-8(2-4-9)7-10(15)16-17/h1-4,17H,5-7H2,(H2,15,16). The molecule has 0 amide bonds.